The van der Waals surface area contributed by atoms with Gasteiger partial charge in [-0.05, 0) is 68.2 Å². The van der Waals surface area contributed by atoms with Crippen LogP contribution < -0.4 is 5.32 Å². The molecule has 4 atom stereocenters. The summed E-state index contributed by atoms with van der Waals surface area (Å²) < 4.78 is 11.1. The number of rotatable bonds is 7. The first-order valence-corrected chi connectivity index (χ1v) is 12.0. The first kappa shape index (κ1) is 22.4. The molecule has 2 aliphatic heterocycles. The lowest BCUT2D eigenvalue weighted by molar-refractivity contribution is -0.222. The minimum Gasteiger partial charge on any atom is -0.462 e. The molecule has 2 saturated heterocycles. The van der Waals surface area contributed by atoms with E-state index >= 15 is 0 Å². The number of fused-ring (bicyclic) bond motifs is 1. The third kappa shape index (κ3) is 3.71. The fourth-order valence-electron chi connectivity index (χ4n) is 5.59. The number of ether oxygens (including phenoxy) is 2. The molecular weight excluding hydrogens is 430 g/mol. The molecule has 0 aromatic heterocycles. The number of hydrogen-bond donors (Lipinski definition) is 1. The molecule has 176 valence electrons. The molecule has 0 saturated carbocycles. The van der Waals surface area contributed by atoms with Gasteiger partial charge in [-0.25, -0.2) is 9.59 Å². The number of esters is 2. The highest BCUT2D eigenvalue weighted by Crippen LogP contribution is 2.53. The molecule has 3 aliphatic rings. The van der Waals surface area contributed by atoms with Gasteiger partial charge < -0.3 is 14.8 Å². The van der Waals surface area contributed by atoms with Crippen molar-refractivity contribution >= 4 is 17.8 Å². The molecule has 3 unspecified atom stereocenters. The zero-order valence-corrected chi connectivity index (χ0v) is 19.3. The highest BCUT2D eigenvalue weighted by molar-refractivity contribution is 6.01. The van der Waals surface area contributed by atoms with Crippen molar-refractivity contribution in [3.63, 3.8) is 0 Å². The molecule has 34 heavy (non-hydrogen) atoms. The number of hydrogen-bond acceptors (Lipinski definition) is 5. The summed E-state index contributed by atoms with van der Waals surface area (Å²) in [7, 11) is 0. The molecule has 0 spiro atoms. The van der Waals surface area contributed by atoms with Gasteiger partial charge in [0.05, 0.1) is 18.1 Å². The lowest BCUT2D eigenvalue weighted by atomic mass is 9.66. The number of benzene rings is 2. The van der Waals surface area contributed by atoms with Crippen molar-refractivity contribution in [2.24, 2.45) is 11.8 Å². The van der Waals surface area contributed by atoms with E-state index in [0.29, 0.717) is 18.4 Å². The molecule has 2 heterocycles. The molecule has 6 nitrogen and oxygen atoms in total. The summed E-state index contributed by atoms with van der Waals surface area (Å²) >= 11 is 0. The molecule has 0 radical (unpaired) electrons. The number of carbonyl (C=O) groups is 3. The van der Waals surface area contributed by atoms with Crippen LogP contribution in [0.5, 0.6) is 0 Å². The monoisotopic (exact) mass is 459 g/mol. The van der Waals surface area contributed by atoms with Gasteiger partial charge in [-0.1, -0.05) is 54.6 Å². The van der Waals surface area contributed by atoms with Crippen molar-refractivity contribution in [1.82, 2.24) is 5.32 Å². The molecule has 6 heteroatoms. The van der Waals surface area contributed by atoms with Crippen LogP contribution in [0.4, 0.5) is 0 Å². The summed E-state index contributed by atoms with van der Waals surface area (Å²) in [6.07, 6.45) is 8.28. The Labute approximate surface area is 199 Å². The van der Waals surface area contributed by atoms with Gasteiger partial charge in [-0.2, -0.15) is 0 Å². The van der Waals surface area contributed by atoms with Crippen molar-refractivity contribution in [1.29, 1.82) is 0 Å². The minimum atomic E-state index is -0.988. The van der Waals surface area contributed by atoms with Gasteiger partial charge in [0, 0.05) is 0 Å². The standard InChI is InChI=1S/C28H29NO5/c1-27-23(24(30)29-28(27,26(32)34-27)18-19-8-4-2-5-9-19)16-17-33-25(31)22-14-12-21(13-15-22)20-10-6-3-7-11-20/h3-4,6-8,10-15,19,23H,2,5,9,16-18H2,1H3,(H,29,30)/t19?,23?,27-,28?/m0/s1. The van der Waals surface area contributed by atoms with Gasteiger partial charge in [0.1, 0.15) is 0 Å². The second kappa shape index (κ2) is 8.75. The summed E-state index contributed by atoms with van der Waals surface area (Å²) in [5, 5.41) is 2.96. The zero-order valence-electron chi connectivity index (χ0n) is 19.3. The van der Waals surface area contributed by atoms with E-state index in [2.05, 4.69) is 17.5 Å². The summed E-state index contributed by atoms with van der Waals surface area (Å²) in [6, 6.07) is 17.2. The smallest absolute Gasteiger partial charge is 0.338 e. The number of nitrogens with one attached hydrogen (secondary N) is 1. The first-order chi connectivity index (χ1) is 16.4. The van der Waals surface area contributed by atoms with Crippen LogP contribution in [0.15, 0.2) is 66.7 Å². The Kier molecular flexibility index (Phi) is 5.76. The van der Waals surface area contributed by atoms with E-state index in [1.54, 1.807) is 12.1 Å². The lowest BCUT2D eigenvalue weighted by Gasteiger charge is -2.52. The van der Waals surface area contributed by atoms with Gasteiger partial charge >= 0.3 is 11.9 Å². The Morgan fingerprint density at radius 3 is 2.50 bits per heavy atom. The second-order valence-electron chi connectivity index (χ2n) is 9.63. The molecule has 2 aromatic carbocycles. The van der Waals surface area contributed by atoms with E-state index in [0.717, 1.165) is 30.4 Å². The molecule has 2 fully saturated rings. The van der Waals surface area contributed by atoms with Crippen LogP contribution in [-0.4, -0.2) is 35.6 Å². The largest absolute Gasteiger partial charge is 0.462 e. The predicted molar refractivity (Wildman–Crippen MR) is 127 cm³/mol. The zero-order chi connectivity index (χ0) is 23.8. The maximum Gasteiger partial charge on any atom is 0.338 e. The van der Waals surface area contributed by atoms with Gasteiger partial charge in [-0.3, -0.25) is 4.79 Å². The van der Waals surface area contributed by atoms with Crippen LogP contribution in [0, 0.1) is 11.8 Å². The van der Waals surface area contributed by atoms with E-state index in [-0.39, 0.29) is 24.4 Å². The molecule has 5 rings (SSSR count). The van der Waals surface area contributed by atoms with E-state index in [4.69, 9.17) is 9.47 Å². The quantitative estimate of drug-likeness (QED) is 0.489. The minimum absolute atomic E-state index is 0.0733. The Balaban J connectivity index is 1.20. The normalized spacial score (nSPS) is 29.6. The molecule has 2 aromatic rings. The third-order valence-electron chi connectivity index (χ3n) is 7.61. The van der Waals surface area contributed by atoms with Gasteiger partial charge in [0.15, 0.2) is 11.1 Å². The van der Waals surface area contributed by atoms with Crippen LogP contribution in [0.3, 0.4) is 0 Å². The van der Waals surface area contributed by atoms with E-state index in [1.807, 2.05) is 49.4 Å². The summed E-state index contributed by atoms with van der Waals surface area (Å²) in [5.41, 5.74) is 0.637. The maximum absolute atomic E-state index is 12.8. The Morgan fingerprint density at radius 1 is 1.09 bits per heavy atom. The molecule has 1 N–H and O–H groups in total. The second-order valence-corrected chi connectivity index (χ2v) is 9.63. The number of allylic oxidation sites excluding steroid dienone is 2. The van der Waals surface area contributed by atoms with E-state index in [1.165, 1.54) is 0 Å². The average molecular weight is 460 g/mol. The molecule has 1 aliphatic carbocycles. The summed E-state index contributed by atoms with van der Waals surface area (Å²) in [4.78, 5) is 38.0. The van der Waals surface area contributed by atoms with Gasteiger partial charge in [0.2, 0.25) is 5.91 Å². The SMILES string of the molecule is C[C@@]12OC(=O)C1(CC1C=CCCC1)NC(=O)C2CCOC(=O)c1ccc(-c2ccccc2)cc1. The van der Waals surface area contributed by atoms with Crippen molar-refractivity contribution in [3.05, 3.63) is 72.3 Å². The first-order valence-electron chi connectivity index (χ1n) is 12.0. The maximum atomic E-state index is 12.8. The molecule has 1 amide bonds. The van der Waals surface area contributed by atoms with E-state index < -0.39 is 23.0 Å². The van der Waals surface area contributed by atoms with Crippen LogP contribution >= 0.6 is 0 Å². The fraction of sp³-hybridized carbons (Fsp3) is 0.393. The van der Waals surface area contributed by atoms with Crippen LogP contribution in [0.25, 0.3) is 11.1 Å². The third-order valence-corrected chi connectivity index (χ3v) is 7.61. The highest BCUT2D eigenvalue weighted by Gasteiger charge is 2.76. The molecule has 0 bridgehead atoms. The highest BCUT2D eigenvalue weighted by atomic mass is 16.6. The Bertz CT molecular complexity index is 1130. The Hall–Kier alpha value is -3.41. The lowest BCUT2D eigenvalue weighted by Crippen LogP contribution is -2.74. The summed E-state index contributed by atoms with van der Waals surface area (Å²) in [6.45, 7) is 1.90. The van der Waals surface area contributed by atoms with Crippen molar-refractivity contribution in [2.45, 2.75) is 50.2 Å². The van der Waals surface area contributed by atoms with Gasteiger partial charge in [0.25, 0.3) is 0 Å². The number of amides is 1. The van der Waals surface area contributed by atoms with Crippen molar-refractivity contribution in [2.75, 3.05) is 6.61 Å². The molecular formula is C28H29NO5. The van der Waals surface area contributed by atoms with Crippen molar-refractivity contribution in [3.8, 4) is 11.1 Å². The van der Waals surface area contributed by atoms with E-state index in [9.17, 15) is 14.4 Å². The topological polar surface area (TPSA) is 81.7 Å². The van der Waals surface area contributed by atoms with Crippen molar-refractivity contribution < 1.29 is 23.9 Å². The number of carbonyl (C=O) groups excluding carboxylic acids is 3. The van der Waals surface area contributed by atoms with Crippen LogP contribution in [0.2, 0.25) is 0 Å². The Morgan fingerprint density at radius 2 is 1.82 bits per heavy atom. The summed E-state index contributed by atoms with van der Waals surface area (Å²) in [5.74, 6) is -1.31. The fourth-order valence-corrected chi connectivity index (χ4v) is 5.59. The van der Waals surface area contributed by atoms with Gasteiger partial charge in [-0.15, -0.1) is 0 Å². The predicted octanol–water partition coefficient (Wildman–Crippen LogP) is 4.45. The van der Waals surface area contributed by atoms with Crippen LogP contribution in [-0.2, 0) is 19.1 Å². The van der Waals surface area contributed by atoms with Crippen LogP contribution in [0.1, 0.15) is 49.4 Å². The average Bonchev–Trinajstić information content (AvgIpc) is 3.02.